The van der Waals surface area contributed by atoms with Crippen LogP contribution in [-0.4, -0.2) is 21.5 Å². The molecule has 0 aliphatic rings. The minimum absolute atomic E-state index is 0.0857. The Morgan fingerprint density at radius 1 is 0.939 bits per heavy atom. The first kappa shape index (κ1) is 22.7. The second kappa shape index (κ2) is 8.79. The fourth-order valence-corrected chi connectivity index (χ4v) is 5.60. The number of benzene rings is 4. The number of halogens is 1. The molecule has 0 aliphatic heterocycles. The van der Waals surface area contributed by atoms with Crippen molar-refractivity contribution < 1.29 is 22.3 Å². The first-order valence-electron chi connectivity index (χ1n) is 10.4. The van der Waals surface area contributed by atoms with E-state index in [0.717, 1.165) is 27.6 Å². The highest BCUT2D eigenvalue weighted by Gasteiger charge is 2.20. The number of carbonyl (C=O) groups excluding carboxylic acids is 1. The molecule has 6 heteroatoms. The SMILES string of the molecule is COC(=O)Cc1cc2ccc(F)cc2c(-c2ccc(S(=O)(=O)c3ccccc3C)cc2)c1C. The standard InChI is InChI=1S/C27H23FO4S/c1-17-6-4-5-7-25(17)33(30,31)23-12-9-19(10-13-23)27-18(2)21(15-26(29)32-3)14-20-8-11-22(28)16-24(20)27/h4-14,16H,15H2,1-3H3. The van der Waals surface area contributed by atoms with Crippen molar-refractivity contribution in [2.75, 3.05) is 7.11 Å². The van der Waals surface area contributed by atoms with Gasteiger partial charge < -0.3 is 4.74 Å². The smallest absolute Gasteiger partial charge is 0.309 e. The van der Waals surface area contributed by atoms with E-state index in [1.165, 1.54) is 19.2 Å². The Morgan fingerprint density at radius 2 is 1.64 bits per heavy atom. The first-order valence-corrected chi connectivity index (χ1v) is 11.9. The number of aryl methyl sites for hydroxylation is 1. The third-order valence-electron chi connectivity index (χ3n) is 5.87. The van der Waals surface area contributed by atoms with Gasteiger partial charge in [-0.25, -0.2) is 12.8 Å². The third kappa shape index (κ3) is 4.26. The van der Waals surface area contributed by atoms with E-state index in [4.69, 9.17) is 4.74 Å². The number of ether oxygens (including phenoxy) is 1. The molecule has 0 N–H and O–H groups in total. The van der Waals surface area contributed by atoms with E-state index >= 15 is 0 Å². The number of rotatable bonds is 5. The predicted molar refractivity (Wildman–Crippen MR) is 126 cm³/mol. The molecule has 0 heterocycles. The van der Waals surface area contributed by atoms with E-state index in [1.807, 2.05) is 13.0 Å². The Labute approximate surface area is 192 Å². The van der Waals surface area contributed by atoms with Gasteiger partial charge in [0.25, 0.3) is 0 Å². The van der Waals surface area contributed by atoms with Crippen molar-refractivity contribution in [3.8, 4) is 11.1 Å². The maximum Gasteiger partial charge on any atom is 0.309 e. The van der Waals surface area contributed by atoms with E-state index in [9.17, 15) is 17.6 Å². The summed E-state index contributed by atoms with van der Waals surface area (Å²) in [6.45, 7) is 3.63. The molecule has 0 saturated carbocycles. The molecule has 33 heavy (non-hydrogen) atoms. The van der Waals surface area contributed by atoms with Crippen LogP contribution in [-0.2, 0) is 25.8 Å². The maximum absolute atomic E-state index is 14.1. The van der Waals surface area contributed by atoms with Crippen molar-refractivity contribution in [3.63, 3.8) is 0 Å². The number of hydrogen-bond donors (Lipinski definition) is 0. The van der Waals surface area contributed by atoms with E-state index in [0.29, 0.717) is 10.9 Å². The highest BCUT2D eigenvalue weighted by atomic mass is 32.2. The fourth-order valence-electron chi connectivity index (χ4n) is 4.10. The van der Waals surface area contributed by atoms with Crippen LogP contribution in [0, 0.1) is 19.7 Å². The van der Waals surface area contributed by atoms with Crippen LogP contribution in [0.4, 0.5) is 4.39 Å². The molecule has 4 rings (SSSR count). The summed E-state index contributed by atoms with van der Waals surface area (Å²) in [4.78, 5) is 12.4. The van der Waals surface area contributed by atoms with Gasteiger partial charge in [0.2, 0.25) is 9.84 Å². The van der Waals surface area contributed by atoms with Crippen LogP contribution in [0.3, 0.4) is 0 Å². The molecule has 0 atom stereocenters. The Balaban J connectivity index is 1.87. The molecular formula is C27H23FO4S. The van der Waals surface area contributed by atoms with Gasteiger partial charge in [-0.15, -0.1) is 0 Å². The van der Waals surface area contributed by atoms with Crippen LogP contribution < -0.4 is 0 Å². The molecule has 4 aromatic carbocycles. The summed E-state index contributed by atoms with van der Waals surface area (Å²) in [5, 5.41) is 1.48. The zero-order valence-electron chi connectivity index (χ0n) is 18.6. The summed E-state index contributed by atoms with van der Waals surface area (Å²) < 4.78 is 45.2. The zero-order chi connectivity index (χ0) is 23.8. The number of fused-ring (bicyclic) bond motifs is 1. The van der Waals surface area contributed by atoms with Crippen LogP contribution >= 0.6 is 0 Å². The molecule has 0 saturated heterocycles. The summed E-state index contributed by atoms with van der Waals surface area (Å²) in [5.41, 5.74) is 3.75. The highest BCUT2D eigenvalue weighted by Crippen LogP contribution is 2.36. The third-order valence-corrected chi connectivity index (χ3v) is 7.80. The van der Waals surface area contributed by atoms with Crippen molar-refractivity contribution in [2.45, 2.75) is 30.1 Å². The lowest BCUT2D eigenvalue weighted by Gasteiger charge is -2.16. The molecule has 0 radical (unpaired) electrons. The van der Waals surface area contributed by atoms with Crippen LogP contribution in [0.15, 0.2) is 82.6 Å². The van der Waals surface area contributed by atoms with Gasteiger partial charge in [-0.05, 0) is 82.8 Å². The molecular weight excluding hydrogens is 439 g/mol. The molecule has 0 bridgehead atoms. The van der Waals surface area contributed by atoms with E-state index in [1.54, 1.807) is 61.5 Å². The lowest BCUT2D eigenvalue weighted by Crippen LogP contribution is -2.07. The van der Waals surface area contributed by atoms with Crippen LogP contribution in [0.5, 0.6) is 0 Å². The molecule has 0 aromatic heterocycles. The van der Waals surface area contributed by atoms with Gasteiger partial charge in [-0.2, -0.15) is 0 Å². The summed E-state index contributed by atoms with van der Waals surface area (Å²) in [6, 6.07) is 19.8. The van der Waals surface area contributed by atoms with Gasteiger partial charge in [0, 0.05) is 0 Å². The Kier molecular flexibility index (Phi) is 6.04. The van der Waals surface area contributed by atoms with E-state index in [2.05, 4.69) is 0 Å². The quantitative estimate of drug-likeness (QED) is 0.351. The van der Waals surface area contributed by atoms with Gasteiger partial charge in [-0.3, -0.25) is 4.79 Å². The minimum Gasteiger partial charge on any atom is -0.469 e. The van der Waals surface area contributed by atoms with Gasteiger partial charge in [0.1, 0.15) is 5.82 Å². The summed E-state index contributed by atoms with van der Waals surface area (Å²) in [6.07, 6.45) is 0.0857. The Hall–Kier alpha value is -3.51. The van der Waals surface area contributed by atoms with Crippen molar-refractivity contribution in [1.29, 1.82) is 0 Å². The van der Waals surface area contributed by atoms with Crippen molar-refractivity contribution in [3.05, 3.63) is 95.3 Å². The van der Waals surface area contributed by atoms with Gasteiger partial charge >= 0.3 is 5.97 Å². The fraction of sp³-hybridized carbons (Fsp3) is 0.148. The predicted octanol–water partition coefficient (Wildman–Crippen LogP) is 5.81. The second-order valence-corrected chi connectivity index (χ2v) is 9.87. The molecule has 168 valence electrons. The molecule has 0 aliphatic carbocycles. The molecule has 4 aromatic rings. The number of carbonyl (C=O) groups is 1. The number of methoxy groups -OCH3 is 1. The molecule has 4 nitrogen and oxygen atoms in total. The molecule has 0 unspecified atom stereocenters. The summed E-state index contributed by atoms with van der Waals surface area (Å²) in [7, 11) is -2.34. The molecule has 0 amide bonds. The second-order valence-electron chi connectivity index (χ2n) is 7.95. The lowest BCUT2D eigenvalue weighted by molar-refractivity contribution is -0.139. The number of esters is 1. The van der Waals surface area contributed by atoms with Crippen molar-refractivity contribution in [2.24, 2.45) is 0 Å². The van der Waals surface area contributed by atoms with Gasteiger partial charge in [0.05, 0.1) is 23.3 Å². The van der Waals surface area contributed by atoms with Crippen LogP contribution in [0.25, 0.3) is 21.9 Å². The van der Waals surface area contributed by atoms with Crippen LogP contribution in [0.1, 0.15) is 16.7 Å². The zero-order valence-corrected chi connectivity index (χ0v) is 19.4. The lowest BCUT2D eigenvalue weighted by atomic mass is 9.89. The average molecular weight is 463 g/mol. The average Bonchev–Trinajstić information content (AvgIpc) is 2.80. The van der Waals surface area contributed by atoms with Crippen LogP contribution in [0.2, 0.25) is 0 Å². The van der Waals surface area contributed by atoms with E-state index in [-0.39, 0.29) is 28.0 Å². The Morgan fingerprint density at radius 3 is 2.30 bits per heavy atom. The minimum atomic E-state index is -3.68. The van der Waals surface area contributed by atoms with Gasteiger partial charge in [0.15, 0.2) is 0 Å². The van der Waals surface area contributed by atoms with E-state index < -0.39 is 9.84 Å². The monoisotopic (exact) mass is 462 g/mol. The Bertz CT molecular complexity index is 1470. The highest BCUT2D eigenvalue weighted by molar-refractivity contribution is 7.91. The topological polar surface area (TPSA) is 60.4 Å². The first-order chi connectivity index (χ1) is 15.7. The largest absolute Gasteiger partial charge is 0.469 e. The van der Waals surface area contributed by atoms with Crippen molar-refractivity contribution >= 4 is 26.6 Å². The normalized spacial score (nSPS) is 11.5. The number of hydrogen-bond acceptors (Lipinski definition) is 4. The number of sulfone groups is 1. The summed E-state index contributed by atoms with van der Waals surface area (Å²) >= 11 is 0. The van der Waals surface area contributed by atoms with Crippen molar-refractivity contribution in [1.82, 2.24) is 0 Å². The molecule has 0 fully saturated rings. The molecule has 0 spiro atoms. The maximum atomic E-state index is 14.1. The van der Waals surface area contributed by atoms with Gasteiger partial charge in [-0.1, -0.05) is 42.5 Å². The summed E-state index contributed by atoms with van der Waals surface area (Å²) in [5.74, 6) is -0.743.